The minimum Gasteiger partial charge on any atom is -0.453 e. The Balaban J connectivity index is 1.85. The smallest absolute Gasteiger partial charge is 0.307 e. The first-order valence-electron chi connectivity index (χ1n) is 7.70. The molecule has 0 unspecified atom stereocenters. The van der Waals surface area contributed by atoms with E-state index in [1.165, 1.54) is 0 Å². The van der Waals surface area contributed by atoms with E-state index in [2.05, 4.69) is 11.4 Å². The molecule has 0 saturated carbocycles. The second-order valence-electron chi connectivity index (χ2n) is 5.91. The van der Waals surface area contributed by atoms with Gasteiger partial charge in [0.25, 0.3) is 5.91 Å². The minimum atomic E-state index is -0.793. The number of aryl methyl sites for hydroxylation is 2. The first kappa shape index (κ1) is 16.3. The lowest BCUT2D eigenvalue weighted by Crippen LogP contribution is -2.30. The Morgan fingerprint density at radius 3 is 2.77 bits per heavy atom. The molecular formula is C18H23NO3. The van der Waals surface area contributed by atoms with E-state index >= 15 is 0 Å². The molecule has 2 atom stereocenters. The highest BCUT2D eigenvalue weighted by Gasteiger charge is 2.21. The van der Waals surface area contributed by atoms with Gasteiger partial charge in [-0.3, -0.25) is 9.59 Å². The maximum atomic E-state index is 12.1. The van der Waals surface area contributed by atoms with Gasteiger partial charge in [0.2, 0.25) is 0 Å². The van der Waals surface area contributed by atoms with E-state index in [1.807, 2.05) is 38.1 Å². The maximum Gasteiger partial charge on any atom is 0.307 e. The summed E-state index contributed by atoms with van der Waals surface area (Å²) in [5.74, 6) is -0.371. The van der Waals surface area contributed by atoms with Gasteiger partial charge in [-0.2, -0.15) is 0 Å². The van der Waals surface area contributed by atoms with Gasteiger partial charge in [0.05, 0.1) is 6.42 Å². The molecule has 0 radical (unpaired) electrons. The minimum absolute atomic E-state index is 0.252. The predicted octanol–water partition coefficient (Wildman–Crippen LogP) is 3.53. The molecule has 1 N–H and O–H groups in total. The summed E-state index contributed by atoms with van der Waals surface area (Å²) in [6.07, 6.45) is 5.67. The number of carbonyl (C=O) groups excluding carboxylic acids is 2. The zero-order valence-corrected chi connectivity index (χ0v) is 13.4. The summed E-state index contributed by atoms with van der Waals surface area (Å²) in [6, 6.07) is 5.80. The normalized spacial score (nSPS) is 18.0. The number of benzene rings is 1. The Bertz CT molecular complexity index is 592. The van der Waals surface area contributed by atoms with Crippen molar-refractivity contribution in [1.82, 2.24) is 0 Å². The van der Waals surface area contributed by atoms with Crippen molar-refractivity contribution in [3.05, 3.63) is 41.5 Å². The first-order chi connectivity index (χ1) is 10.5. The summed E-state index contributed by atoms with van der Waals surface area (Å²) in [5, 5.41) is 2.81. The van der Waals surface area contributed by atoms with Gasteiger partial charge in [-0.25, -0.2) is 0 Å². The van der Waals surface area contributed by atoms with Crippen molar-refractivity contribution in [3.63, 3.8) is 0 Å². The highest BCUT2D eigenvalue weighted by atomic mass is 16.5. The number of carbonyl (C=O) groups is 2. The molecule has 0 saturated heterocycles. The molecule has 4 heteroatoms. The quantitative estimate of drug-likeness (QED) is 0.668. The van der Waals surface area contributed by atoms with Crippen LogP contribution in [0.4, 0.5) is 5.69 Å². The lowest BCUT2D eigenvalue weighted by Gasteiger charge is -2.16. The molecule has 1 aromatic rings. The van der Waals surface area contributed by atoms with Crippen LogP contribution in [0.2, 0.25) is 0 Å². The predicted molar refractivity (Wildman–Crippen MR) is 86.6 cm³/mol. The number of anilines is 1. The van der Waals surface area contributed by atoms with Crippen LogP contribution in [0.3, 0.4) is 0 Å². The first-order valence-corrected chi connectivity index (χ1v) is 7.70. The maximum absolute atomic E-state index is 12.1. The van der Waals surface area contributed by atoms with Crippen LogP contribution in [0.25, 0.3) is 0 Å². The van der Waals surface area contributed by atoms with E-state index < -0.39 is 6.10 Å². The lowest BCUT2D eigenvalue weighted by molar-refractivity contribution is -0.153. The SMILES string of the molecule is Cc1ccc(NC(=O)[C@@H](C)OC(=O)C[C@@H]2C=CCC2)c(C)c1. The summed E-state index contributed by atoms with van der Waals surface area (Å²) in [6.45, 7) is 5.54. The van der Waals surface area contributed by atoms with Crippen LogP contribution < -0.4 is 5.32 Å². The highest BCUT2D eigenvalue weighted by Crippen LogP contribution is 2.21. The van der Waals surface area contributed by atoms with Crippen LogP contribution in [0.5, 0.6) is 0 Å². The molecule has 1 amide bonds. The van der Waals surface area contributed by atoms with Crippen molar-refractivity contribution in [3.8, 4) is 0 Å². The monoisotopic (exact) mass is 301 g/mol. The van der Waals surface area contributed by atoms with Crippen LogP contribution >= 0.6 is 0 Å². The Morgan fingerprint density at radius 1 is 1.36 bits per heavy atom. The molecule has 1 aromatic carbocycles. The number of ether oxygens (including phenoxy) is 1. The fraction of sp³-hybridized carbons (Fsp3) is 0.444. The molecule has 1 aliphatic rings. The molecule has 0 aromatic heterocycles. The fourth-order valence-electron chi connectivity index (χ4n) is 2.57. The van der Waals surface area contributed by atoms with Gasteiger partial charge in [-0.05, 0) is 51.2 Å². The van der Waals surface area contributed by atoms with Gasteiger partial charge in [0, 0.05) is 5.69 Å². The van der Waals surface area contributed by atoms with E-state index in [0.717, 1.165) is 29.7 Å². The van der Waals surface area contributed by atoms with Crippen LogP contribution in [0.15, 0.2) is 30.4 Å². The number of allylic oxidation sites excluding steroid dienone is 2. The average Bonchev–Trinajstić information content (AvgIpc) is 2.94. The van der Waals surface area contributed by atoms with Crippen molar-refractivity contribution in [2.45, 2.75) is 46.1 Å². The summed E-state index contributed by atoms with van der Waals surface area (Å²) in [4.78, 5) is 24.0. The number of hydrogen-bond donors (Lipinski definition) is 1. The van der Waals surface area contributed by atoms with Gasteiger partial charge in [-0.1, -0.05) is 29.8 Å². The number of esters is 1. The molecule has 0 aliphatic heterocycles. The Morgan fingerprint density at radius 2 is 2.14 bits per heavy atom. The lowest BCUT2D eigenvalue weighted by atomic mass is 10.1. The van der Waals surface area contributed by atoms with Crippen LogP contribution in [-0.2, 0) is 14.3 Å². The largest absolute Gasteiger partial charge is 0.453 e. The van der Waals surface area contributed by atoms with Gasteiger partial charge in [0.15, 0.2) is 6.10 Å². The van der Waals surface area contributed by atoms with Crippen LogP contribution in [0, 0.1) is 19.8 Å². The summed E-state index contributed by atoms with van der Waals surface area (Å²) < 4.78 is 5.23. The third-order valence-electron chi connectivity index (χ3n) is 3.86. The van der Waals surface area contributed by atoms with Crippen LogP contribution in [0.1, 0.15) is 37.3 Å². The molecule has 2 rings (SSSR count). The molecule has 118 valence electrons. The fourth-order valence-corrected chi connectivity index (χ4v) is 2.57. The zero-order chi connectivity index (χ0) is 16.1. The van der Waals surface area contributed by atoms with E-state index in [0.29, 0.717) is 6.42 Å². The second kappa shape index (κ2) is 7.25. The standard InChI is InChI=1S/C18H23NO3/c1-12-8-9-16(13(2)10-12)19-18(21)14(3)22-17(20)11-15-6-4-5-7-15/h4,6,8-10,14-15H,5,7,11H2,1-3H3,(H,19,21)/t14-,15-/m1/s1. The van der Waals surface area contributed by atoms with Crippen molar-refractivity contribution in [1.29, 1.82) is 0 Å². The van der Waals surface area contributed by atoms with Crippen LogP contribution in [-0.4, -0.2) is 18.0 Å². The third kappa shape index (κ3) is 4.45. The van der Waals surface area contributed by atoms with Gasteiger partial charge < -0.3 is 10.1 Å². The van der Waals surface area contributed by atoms with Crippen molar-refractivity contribution in [2.24, 2.45) is 5.92 Å². The Hall–Kier alpha value is -2.10. The topological polar surface area (TPSA) is 55.4 Å². The van der Waals surface area contributed by atoms with E-state index in [4.69, 9.17) is 4.74 Å². The van der Waals surface area contributed by atoms with Gasteiger partial charge >= 0.3 is 5.97 Å². The van der Waals surface area contributed by atoms with E-state index in [-0.39, 0.29) is 17.8 Å². The molecule has 0 heterocycles. The molecular weight excluding hydrogens is 278 g/mol. The average molecular weight is 301 g/mol. The molecule has 0 spiro atoms. The van der Waals surface area contributed by atoms with Gasteiger partial charge in [0.1, 0.15) is 0 Å². The molecule has 4 nitrogen and oxygen atoms in total. The summed E-state index contributed by atoms with van der Waals surface area (Å²) >= 11 is 0. The van der Waals surface area contributed by atoms with E-state index in [9.17, 15) is 9.59 Å². The second-order valence-corrected chi connectivity index (χ2v) is 5.91. The van der Waals surface area contributed by atoms with E-state index in [1.54, 1.807) is 6.92 Å². The zero-order valence-electron chi connectivity index (χ0n) is 13.4. The number of amides is 1. The highest BCUT2D eigenvalue weighted by molar-refractivity contribution is 5.95. The molecule has 22 heavy (non-hydrogen) atoms. The Kier molecular flexibility index (Phi) is 5.36. The molecule has 0 bridgehead atoms. The third-order valence-corrected chi connectivity index (χ3v) is 3.86. The number of nitrogens with one attached hydrogen (secondary N) is 1. The van der Waals surface area contributed by atoms with Gasteiger partial charge in [-0.15, -0.1) is 0 Å². The summed E-state index contributed by atoms with van der Waals surface area (Å²) in [5.41, 5.74) is 2.87. The molecule has 0 fully saturated rings. The molecule has 1 aliphatic carbocycles. The number of hydrogen-bond acceptors (Lipinski definition) is 3. The summed E-state index contributed by atoms with van der Waals surface area (Å²) in [7, 11) is 0. The van der Waals surface area contributed by atoms with Crippen molar-refractivity contribution >= 4 is 17.6 Å². The van der Waals surface area contributed by atoms with Crippen molar-refractivity contribution < 1.29 is 14.3 Å². The van der Waals surface area contributed by atoms with Crippen molar-refractivity contribution in [2.75, 3.05) is 5.32 Å². The Labute approximate surface area is 131 Å². The number of rotatable bonds is 5.